The SMILES string of the molecule is CC(C)(OC(=O)C1=CC2C(=O)C1C1C3CCC(C3=O)C21)C12CC3CC(CC(C3)C1)C2. The van der Waals surface area contributed by atoms with Crippen molar-refractivity contribution in [3.05, 3.63) is 11.6 Å². The Labute approximate surface area is 178 Å². The summed E-state index contributed by atoms with van der Waals surface area (Å²) in [5.41, 5.74) is 0.185. The van der Waals surface area contributed by atoms with E-state index in [0.29, 0.717) is 11.4 Å². The molecule has 0 aromatic carbocycles. The van der Waals surface area contributed by atoms with E-state index in [1.165, 1.54) is 38.5 Å². The van der Waals surface area contributed by atoms with Crippen LogP contribution >= 0.6 is 0 Å². The van der Waals surface area contributed by atoms with Crippen LogP contribution in [-0.4, -0.2) is 23.1 Å². The van der Waals surface area contributed by atoms with E-state index in [9.17, 15) is 14.4 Å². The molecule has 4 nitrogen and oxygen atoms in total. The van der Waals surface area contributed by atoms with Crippen LogP contribution in [0.2, 0.25) is 0 Å². The number of hydrogen-bond donors (Lipinski definition) is 0. The predicted molar refractivity (Wildman–Crippen MR) is 109 cm³/mol. The zero-order valence-corrected chi connectivity index (χ0v) is 18.1. The van der Waals surface area contributed by atoms with E-state index in [1.54, 1.807) is 0 Å². The normalized spacial score (nSPS) is 52.2. The average molecular weight is 409 g/mol. The minimum Gasteiger partial charge on any atom is -0.456 e. The molecule has 0 spiro atoms. The van der Waals surface area contributed by atoms with Crippen LogP contribution in [0.25, 0.3) is 0 Å². The van der Waals surface area contributed by atoms with Crippen LogP contribution in [0.1, 0.15) is 65.2 Å². The minimum absolute atomic E-state index is 0.00612. The van der Waals surface area contributed by atoms with Gasteiger partial charge in [0.25, 0.3) is 0 Å². The Bertz CT molecular complexity index is 875. The van der Waals surface area contributed by atoms with Crippen LogP contribution in [-0.2, 0) is 19.1 Å². The van der Waals surface area contributed by atoms with E-state index >= 15 is 0 Å². The lowest BCUT2D eigenvalue weighted by atomic mass is 9.46. The number of fused-ring (bicyclic) bond motifs is 9. The summed E-state index contributed by atoms with van der Waals surface area (Å²) >= 11 is 0. The number of rotatable bonds is 3. The average Bonchev–Trinajstić information content (AvgIpc) is 3.37. The molecule has 160 valence electrons. The predicted octanol–water partition coefficient (Wildman–Crippen LogP) is 4.12. The third kappa shape index (κ3) is 2.02. The van der Waals surface area contributed by atoms with Gasteiger partial charge >= 0.3 is 5.97 Å². The van der Waals surface area contributed by atoms with E-state index in [4.69, 9.17) is 4.74 Å². The topological polar surface area (TPSA) is 60.4 Å². The van der Waals surface area contributed by atoms with Crippen molar-refractivity contribution >= 4 is 17.5 Å². The summed E-state index contributed by atoms with van der Waals surface area (Å²) in [6.45, 7) is 4.25. The summed E-state index contributed by atoms with van der Waals surface area (Å²) < 4.78 is 6.32. The highest BCUT2D eigenvalue weighted by atomic mass is 16.6. The number of carbonyl (C=O) groups excluding carboxylic acids is 3. The smallest absolute Gasteiger partial charge is 0.335 e. The fourth-order valence-electron chi connectivity index (χ4n) is 10.0. The van der Waals surface area contributed by atoms with Crippen molar-refractivity contribution in [2.24, 2.45) is 58.7 Å². The Kier molecular flexibility index (Phi) is 3.31. The van der Waals surface area contributed by atoms with Crippen LogP contribution < -0.4 is 0 Å². The molecule has 6 unspecified atom stereocenters. The Morgan fingerprint density at radius 1 is 0.933 bits per heavy atom. The number of ketones is 2. The van der Waals surface area contributed by atoms with Crippen molar-refractivity contribution in [1.82, 2.24) is 0 Å². The van der Waals surface area contributed by atoms with Gasteiger partial charge in [-0.1, -0.05) is 6.08 Å². The van der Waals surface area contributed by atoms with E-state index in [2.05, 4.69) is 13.8 Å². The number of Topliss-reactive ketones (excluding diaryl/α,β-unsaturated/α-hetero) is 2. The van der Waals surface area contributed by atoms with E-state index in [1.807, 2.05) is 6.08 Å². The van der Waals surface area contributed by atoms with Crippen molar-refractivity contribution in [2.75, 3.05) is 0 Å². The monoisotopic (exact) mass is 408 g/mol. The highest BCUT2D eigenvalue weighted by Gasteiger charge is 2.69. The third-order valence-corrected chi connectivity index (χ3v) is 10.9. The molecule has 8 aliphatic carbocycles. The molecule has 7 saturated carbocycles. The van der Waals surface area contributed by atoms with Gasteiger partial charge in [0.05, 0.1) is 5.92 Å². The lowest BCUT2D eigenvalue weighted by Crippen LogP contribution is -2.57. The Hall–Kier alpha value is -1.45. The van der Waals surface area contributed by atoms with Gasteiger partial charge in [-0.2, -0.15) is 0 Å². The zero-order chi connectivity index (χ0) is 20.6. The molecular formula is C26H32O4. The lowest BCUT2D eigenvalue weighted by Gasteiger charge is -2.61. The molecule has 8 rings (SSSR count). The van der Waals surface area contributed by atoms with Gasteiger partial charge in [0.2, 0.25) is 0 Å². The van der Waals surface area contributed by atoms with Crippen LogP contribution in [0.4, 0.5) is 0 Å². The largest absolute Gasteiger partial charge is 0.456 e. The Morgan fingerprint density at radius 3 is 2.10 bits per heavy atom. The third-order valence-electron chi connectivity index (χ3n) is 10.9. The van der Waals surface area contributed by atoms with Crippen LogP contribution in [0.5, 0.6) is 0 Å². The molecule has 30 heavy (non-hydrogen) atoms. The first-order valence-corrected chi connectivity index (χ1v) is 12.3. The van der Waals surface area contributed by atoms with Crippen LogP contribution in [0.3, 0.4) is 0 Å². The Morgan fingerprint density at radius 2 is 1.50 bits per heavy atom. The Balaban J connectivity index is 1.16. The van der Waals surface area contributed by atoms with Crippen molar-refractivity contribution in [2.45, 2.75) is 70.8 Å². The summed E-state index contributed by atoms with van der Waals surface area (Å²) in [7, 11) is 0. The van der Waals surface area contributed by atoms with Crippen LogP contribution in [0.15, 0.2) is 11.6 Å². The van der Waals surface area contributed by atoms with Gasteiger partial charge in [0, 0.05) is 28.7 Å². The molecule has 4 heteroatoms. The molecule has 0 aromatic heterocycles. The fourth-order valence-corrected chi connectivity index (χ4v) is 10.0. The van der Waals surface area contributed by atoms with Crippen molar-refractivity contribution < 1.29 is 19.1 Å². The molecule has 8 aliphatic rings. The molecular weight excluding hydrogens is 376 g/mol. The second-order valence-corrected chi connectivity index (χ2v) is 12.5. The first-order chi connectivity index (χ1) is 14.3. The molecule has 0 saturated heterocycles. The maximum atomic E-state index is 13.4. The first-order valence-electron chi connectivity index (χ1n) is 12.3. The quantitative estimate of drug-likeness (QED) is 0.521. The molecule has 0 amide bonds. The van der Waals surface area contributed by atoms with Gasteiger partial charge in [0.15, 0.2) is 0 Å². The maximum Gasteiger partial charge on any atom is 0.335 e. The summed E-state index contributed by atoms with van der Waals surface area (Å²) in [4.78, 5) is 39.1. The van der Waals surface area contributed by atoms with Crippen molar-refractivity contribution in [1.29, 1.82) is 0 Å². The van der Waals surface area contributed by atoms with Gasteiger partial charge in [-0.15, -0.1) is 0 Å². The standard InChI is InChI=1S/C26H32O4/c1-25(2,26-9-12-5-13(10-26)7-14(6-12)11-26)30-24(29)18-8-17-19-15-3-4-16(22(15)27)20(19)21(18)23(17)28/h8,12-17,19-21H,3-7,9-11H2,1-2H3. The second kappa shape index (κ2) is 5.48. The van der Waals surface area contributed by atoms with Gasteiger partial charge in [-0.05, 0) is 94.8 Å². The van der Waals surface area contributed by atoms with Crippen molar-refractivity contribution in [3.8, 4) is 0 Å². The number of carbonyl (C=O) groups is 3. The lowest BCUT2D eigenvalue weighted by molar-refractivity contribution is -0.195. The first kappa shape index (κ1) is 18.2. The summed E-state index contributed by atoms with van der Waals surface area (Å²) in [6, 6.07) is 0. The van der Waals surface area contributed by atoms with Gasteiger partial charge < -0.3 is 4.74 Å². The zero-order valence-electron chi connectivity index (χ0n) is 18.1. The van der Waals surface area contributed by atoms with Gasteiger partial charge in [-0.3, -0.25) is 9.59 Å². The molecule has 0 radical (unpaired) electrons. The molecule has 8 bridgehead atoms. The summed E-state index contributed by atoms with van der Waals surface area (Å²) in [6.07, 6.45) is 11.4. The molecule has 7 fully saturated rings. The fraction of sp³-hybridized carbons (Fsp3) is 0.808. The van der Waals surface area contributed by atoms with E-state index < -0.39 is 5.60 Å². The molecule has 0 N–H and O–H groups in total. The molecule has 0 aliphatic heterocycles. The van der Waals surface area contributed by atoms with E-state index in [0.717, 1.165) is 30.6 Å². The number of ether oxygens (including phenoxy) is 1. The minimum atomic E-state index is -0.504. The second-order valence-electron chi connectivity index (χ2n) is 12.5. The maximum absolute atomic E-state index is 13.4. The number of esters is 1. The highest BCUT2D eigenvalue weighted by Crippen LogP contribution is 2.66. The van der Waals surface area contributed by atoms with E-state index in [-0.39, 0.29) is 52.7 Å². The molecule has 6 atom stereocenters. The molecule has 0 heterocycles. The number of hydrogen-bond acceptors (Lipinski definition) is 4. The number of allylic oxidation sites excluding steroid dienone is 1. The summed E-state index contributed by atoms with van der Waals surface area (Å²) in [5, 5.41) is 0. The van der Waals surface area contributed by atoms with Gasteiger partial charge in [0.1, 0.15) is 17.2 Å². The van der Waals surface area contributed by atoms with Gasteiger partial charge in [-0.25, -0.2) is 4.79 Å². The summed E-state index contributed by atoms with van der Waals surface area (Å²) in [5.74, 6) is 2.41. The highest BCUT2D eigenvalue weighted by molar-refractivity contribution is 6.07. The van der Waals surface area contributed by atoms with Crippen LogP contribution in [0, 0.1) is 58.7 Å². The molecule has 0 aromatic rings. The van der Waals surface area contributed by atoms with Crippen molar-refractivity contribution in [3.63, 3.8) is 0 Å².